The third kappa shape index (κ3) is 3.56. The minimum atomic E-state index is -1.85. The van der Waals surface area contributed by atoms with Gasteiger partial charge in [0.2, 0.25) is 0 Å². The monoisotopic (exact) mass is 341 g/mol. The van der Waals surface area contributed by atoms with E-state index in [-0.39, 0.29) is 18.4 Å². The molecule has 0 aromatic heterocycles. The van der Waals surface area contributed by atoms with Crippen LogP contribution in [0.2, 0.25) is 0 Å². The van der Waals surface area contributed by atoms with Crippen LogP contribution in [0.25, 0.3) is 0 Å². The first-order valence-electron chi connectivity index (χ1n) is 7.75. The van der Waals surface area contributed by atoms with Gasteiger partial charge >= 0.3 is 6.09 Å². The largest absolute Gasteiger partial charge is 0.444 e. The molecule has 0 bridgehead atoms. The molecule has 132 valence electrons. The number of halogens is 2. The predicted octanol–water partition coefficient (Wildman–Crippen LogP) is 2.80. The Bertz CT molecular complexity index is 656. The molecule has 0 heterocycles. The highest BCUT2D eigenvalue weighted by atomic mass is 19.2. The number of hydrogen-bond donors (Lipinski definition) is 2. The van der Waals surface area contributed by atoms with Crippen LogP contribution < -0.4 is 5.32 Å². The number of ketones is 1. The lowest BCUT2D eigenvalue weighted by Crippen LogP contribution is -2.58. The number of carbonyl (C=O) groups is 2. The second-order valence-electron chi connectivity index (χ2n) is 6.91. The SMILES string of the molecule is CC(C)(C)OC(=O)NC1(c2cccc(F)c2F)CCCC(O)C1=O. The second-order valence-corrected chi connectivity index (χ2v) is 6.91. The molecule has 2 rings (SSSR count). The molecule has 5 nitrogen and oxygen atoms in total. The first-order valence-corrected chi connectivity index (χ1v) is 7.75. The van der Waals surface area contributed by atoms with Crippen molar-refractivity contribution < 1.29 is 28.2 Å². The fourth-order valence-corrected chi connectivity index (χ4v) is 2.87. The van der Waals surface area contributed by atoms with Crippen LogP contribution in [0.4, 0.5) is 13.6 Å². The Labute approximate surface area is 139 Å². The van der Waals surface area contributed by atoms with E-state index in [1.165, 1.54) is 12.1 Å². The van der Waals surface area contributed by atoms with Gasteiger partial charge in [0.05, 0.1) is 0 Å². The van der Waals surface area contributed by atoms with Gasteiger partial charge in [0.15, 0.2) is 17.4 Å². The van der Waals surface area contributed by atoms with Crippen LogP contribution in [-0.2, 0) is 15.1 Å². The summed E-state index contributed by atoms with van der Waals surface area (Å²) in [6, 6.07) is 3.40. The normalized spacial score (nSPS) is 24.6. The van der Waals surface area contributed by atoms with Crippen molar-refractivity contribution in [3.63, 3.8) is 0 Å². The predicted molar refractivity (Wildman–Crippen MR) is 82.3 cm³/mol. The number of rotatable bonds is 2. The molecule has 24 heavy (non-hydrogen) atoms. The summed E-state index contributed by atoms with van der Waals surface area (Å²) in [7, 11) is 0. The van der Waals surface area contributed by atoms with Gasteiger partial charge in [-0.3, -0.25) is 4.79 Å². The fraction of sp³-hybridized carbons (Fsp3) is 0.529. The van der Waals surface area contributed by atoms with E-state index in [9.17, 15) is 23.5 Å². The van der Waals surface area contributed by atoms with Crippen LogP contribution >= 0.6 is 0 Å². The van der Waals surface area contributed by atoms with Gasteiger partial charge in [-0.05, 0) is 46.1 Å². The summed E-state index contributed by atoms with van der Waals surface area (Å²) in [5.74, 6) is -3.13. The molecule has 1 aliphatic carbocycles. The Morgan fingerprint density at radius 3 is 2.67 bits per heavy atom. The summed E-state index contributed by atoms with van der Waals surface area (Å²) in [4.78, 5) is 24.8. The van der Waals surface area contributed by atoms with Crippen molar-refractivity contribution in [1.82, 2.24) is 5.32 Å². The molecule has 2 unspecified atom stereocenters. The van der Waals surface area contributed by atoms with Crippen LogP contribution in [0.5, 0.6) is 0 Å². The number of aliphatic hydroxyl groups is 1. The van der Waals surface area contributed by atoms with E-state index >= 15 is 0 Å². The summed E-state index contributed by atoms with van der Waals surface area (Å²) in [5.41, 5.74) is -2.99. The Morgan fingerprint density at radius 2 is 2.04 bits per heavy atom. The van der Waals surface area contributed by atoms with E-state index < -0.39 is 40.8 Å². The van der Waals surface area contributed by atoms with E-state index in [1.54, 1.807) is 20.8 Å². The quantitative estimate of drug-likeness (QED) is 0.867. The highest BCUT2D eigenvalue weighted by Gasteiger charge is 2.49. The number of hydrogen-bond acceptors (Lipinski definition) is 4. The maximum Gasteiger partial charge on any atom is 0.408 e. The zero-order valence-corrected chi connectivity index (χ0v) is 13.9. The summed E-state index contributed by atoms with van der Waals surface area (Å²) in [6.45, 7) is 4.92. The molecule has 1 aliphatic rings. The Morgan fingerprint density at radius 1 is 1.38 bits per heavy atom. The standard InChI is InChI=1S/C17H21F2NO4/c1-16(2,3)24-15(23)20-17(9-5-8-12(21)14(17)22)10-6-4-7-11(18)13(10)19/h4,6-7,12,21H,5,8-9H2,1-3H3,(H,20,23). The topological polar surface area (TPSA) is 75.6 Å². The summed E-state index contributed by atoms with van der Waals surface area (Å²) in [6.07, 6.45) is -1.70. The van der Waals surface area contributed by atoms with Crippen molar-refractivity contribution >= 4 is 11.9 Å². The average Bonchev–Trinajstić information content (AvgIpc) is 2.45. The number of ether oxygens (including phenoxy) is 1. The number of alkyl carbamates (subject to hydrolysis) is 1. The van der Waals surface area contributed by atoms with E-state index in [2.05, 4.69) is 5.32 Å². The number of aliphatic hydroxyl groups excluding tert-OH is 1. The molecule has 1 aromatic rings. The van der Waals surface area contributed by atoms with Crippen LogP contribution in [0.3, 0.4) is 0 Å². The van der Waals surface area contributed by atoms with Gasteiger partial charge in [0.1, 0.15) is 17.2 Å². The second kappa shape index (κ2) is 6.47. The molecule has 0 spiro atoms. The summed E-state index contributed by atoms with van der Waals surface area (Å²) in [5, 5.41) is 12.3. The highest BCUT2D eigenvalue weighted by molar-refractivity contribution is 5.96. The van der Waals surface area contributed by atoms with Crippen LogP contribution in [-0.4, -0.2) is 28.7 Å². The first-order chi connectivity index (χ1) is 11.1. The molecule has 0 saturated heterocycles. The van der Waals surface area contributed by atoms with Gasteiger partial charge in [-0.2, -0.15) is 0 Å². The van der Waals surface area contributed by atoms with Crippen molar-refractivity contribution in [2.24, 2.45) is 0 Å². The third-order valence-electron chi connectivity index (χ3n) is 3.88. The number of carbonyl (C=O) groups excluding carboxylic acids is 2. The maximum absolute atomic E-state index is 14.3. The molecule has 1 aromatic carbocycles. The Hall–Kier alpha value is -2.02. The van der Waals surface area contributed by atoms with Crippen molar-refractivity contribution in [2.75, 3.05) is 0 Å². The molecule has 1 amide bonds. The number of amides is 1. The maximum atomic E-state index is 14.3. The van der Waals surface area contributed by atoms with E-state index in [4.69, 9.17) is 4.74 Å². The number of benzene rings is 1. The molecule has 1 saturated carbocycles. The zero-order valence-electron chi connectivity index (χ0n) is 13.9. The van der Waals surface area contributed by atoms with Crippen molar-refractivity contribution in [1.29, 1.82) is 0 Å². The summed E-state index contributed by atoms with van der Waals surface area (Å²) >= 11 is 0. The molecule has 0 aliphatic heterocycles. The van der Waals surface area contributed by atoms with Gasteiger partial charge in [-0.15, -0.1) is 0 Å². The van der Waals surface area contributed by atoms with E-state index in [0.717, 1.165) is 6.07 Å². The Balaban J connectivity index is 2.48. The van der Waals surface area contributed by atoms with E-state index in [1.807, 2.05) is 0 Å². The third-order valence-corrected chi connectivity index (χ3v) is 3.88. The van der Waals surface area contributed by atoms with Crippen molar-refractivity contribution in [3.8, 4) is 0 Å². The smallest absolute Gasteiger partial charge is 0.408 e. The number of Topliss-reactive ketones (excluding diaryl/α,β-unsaturated/α-hetero) is 1. The first kappa shape index (κ1) is 18.3. The molecular formula is C17H21F2NO4. The van der Waals surface area contributed by atoms with E-state index in [0.29, 0.717) is 6.42 Å². The average molecular weight is 341 g/mol. The lowest BCUT2D eigenvalue weighted by Gasteiger charge is -2.39. The molecule has 7 heteroatoms. The van der Waals surface area contributed by atoms with Gasteiger partial charge in [-0.1, -0.05) is 12.1 Å². The lowest BCUT2D eigenvalue weighted by atomic mass is 9.74. The molecule has 2 atom stereocenters. The summed E-state index contributed by atoms with van der Waals surface area (Å²) < 4.78 is 33.1. The van der Waals surface area contributed by atoms with Crippen LogP contribution in [0.1, 0.15) is 45.6 Å². The molecule has 1 fully saturated rings. The van der Waals surface area contributed by atoms with Gasteiger partial charge in [0, 0.05) is 5.56 Å². The Kier molecular flexibility index (Phi) is 4.94. The fourth-order valence-electron chi connectivity index (χ4n) is 2.87. The van der Waals surface area contributed by atoms with Crippen LogP contribution in [0.15, 0.2) is 18.2 Å². The van der Waals surface area contributed by atoms with Gasteiger partial charge in [-0.25, -0.2) is 13.6 Å². The number of nitrogens with one attached hydrogen (secondary N) is 1. The molecule has 2 N–H and O–H groups in total. The van der Waals surface area contributed by atoms with Crippen molar-refractivity contribution in [3.05, 3.63) is 35.4 Å². The lowest BCUT2D eigenvalue weighted by molar-refractivity contribution is -0.138. The van der Waals surface area contributed by atoms with Crippen LogP contribution in [0, 0.1) is 11.6 Å². The van der Waals surface area contributed by atoms with Gasteiger partial charge < -0.3 is 15.2 Å². The highest BCUT2D eigenvalue weighted by Crippen LogP contribution is 2.37. The molecule has 0 radical (unpaired) electrons. The minimum absolute atomic E-state index is 0.0442. The molecular weight excluding hydrogens is 320 g/mol. The van der Waals surface area contributed by atoms with Crippen molar-refractivity contribution in [2.45, 2.75) is 57.3 Å². The van der Waals surface area contributed by atoms with Gasteiger partial charge in [0.25, 0.3) is 0 Å². The zero-order chi connectivity index (χ0) is 18.1. The minimum Gasteiger partial charge on any atom is -0.444 e.